The molecule has 0 aromatic rings. The Bertz CT molecular complexity index is 1120. The summed E-state index contributed by atoms with van der Waals surface area (Å²) in [5.41, 5.74) is 0. The van der Waals surface area contributed by atoms with Crippen LogP contribution in [-0.2, 0) is 19.1 Å². The predicted octanol–water partition coefficient (Wildman–Crippen LogP) is 22.8. The lowest BCUT2D eigenvalue weighted by Gasteiger charge is -2.15. The van der Waals surface area contributed by atoms with Gasteiger partial charge in [0.15, 0.2) is 6.10 Å². The van der Waals surface area contributed by atoms with Crippen molar-refractivity contribution in [2.75, 3.05) is 13.2 Å². The van der Waals surface area contributed by atoms with E-state index in [0.717, 1.165) is 38.5 Å². The largest absolute Gasteiger partial charge is 0.462 e. The normalized spacial score (nSPS) is 12.2. The lowest BCUT2D eigenvalue weighted by molar-refractivity contribution is -0.161. The third-order valence-electron chi connectivity index (χ3n) is 15.5. The van der Waals surface area contributed by atoms with Crippen LogP contribution in [0.3, 0.4) is 0 Å². The summed E-state index contributed by atoms with van der Waals surface area (Å²) in [4.78, 5) is 24.6. The van der Waals surface area contributed by atoms with E-state index in [2.05, 4.69) is 38.2 Å². The fraction of sp³-hybridized carbons (Fsp3) is 0.912. The number of unbranched alkanes of at least 4 members (excludes halogenated alkanes) is 51. The number of hydrogen-bond acceptors (Lipinski definition) is 5. The number of carbonyl (C=O) groups is 2. The molecule has 0 fully saturated rings. The minimum absolute atomic E-state index is 0.0618. The summed E-state index contributed by atoms with van der Waals surface area (Å²) < 4.78 is 10.7. The van der Waals surface area contributed by atoms with Gasteiger partial charge in [0.25, 0.3) is 0 Å². The van der Waals surface area contributed by atoms with E-state index in [1.165, 1.54) is 315 Å². The molecule has 0 saturated carbocycles. The van der Waals surface area contributed by atoms with Gasteiger partial charge in [-0.1, -0.05) is 346 Å². The van der Waals surface area contributed by atoms with Crippen LogP contribution in [-0.4, -0.2) is 36.4 Å². The van der Waals surface area contributed by atoms with Crippen LogP contribution in [0.1, 0.15) is 380 Å². The molecule has 432 valence electrons. The molecule has 73 heavy (non-hydrogen) atoms. The second-order valence-electron chi connectivity index (χ2n) is 22.9. The van der Waals surface area contributed by atoms with Crippen molar-refractivity contribution in [1.29, 1.82) is 0 Å². The minimum atomic E-state index is -0.772. The van der Waals surface area contributed by atoms with Crippen LogP contribution >= 0.6 is 0 Å². The Morgan fingerprint density at radius 3 is 0.808 bits per heavy atom. The number of esters is 2. The third-order valence-corrected chi connectivity index (χ3v) is 15.5. The van der Waals surface area contributed by atoms with Crippen molar-refractivity contribution in [3.05, 3.63) is 24.3 Å². The zero-order valence-corrected chi connectivity index (χ0v) is 49.7. The van der Waals surface area contributed by atoms with Crippen LogP contribution in [0, 0.1) is 0 Å². The Hall–Kier alpha value is -1.62. The molecule has 0 aliphatic carbocycles. The summed E-state index contributed by atoms with van der Waals surface area (Å²) in [6.07, 6.45) is 83.6. The lowest BCUT2D eigenvalue weighted by atomic mass is 10.0. The Morgan fingerprint density at radius 1 is 0.315 bits per heavy atom. The Morgan fingerprint density at radius 2 is 0.548 bits per heavy atom. The highest BCUT2D eigenvalue weighted by Gasteiger charge is 2.16. The van der Waals surface area contributed by atoms with E-state index < -0.39 is 6.10 Å². The molecule has 0 heterocycles. The smallest absolute Gasteiger partial charge is 0.306 e. The highest BCUT2D eigenvalue weighted by molar-refractivity contribution is 5.70. The standard InChI is InChI=1S/C68H130O5/c1-3-5-7-9-11-13-15-17-19-21-23-25-26-27-28-29-30-31-32-33-34-35-36-37-38-39-40-41-43-44-46-48-50-52-54-56-58-60-62-67(70)72-65-66(64-69)73-68(71)63-61-59-57-55-53-51-49-47-45-42-24-22-20-18-16-14-12-10-8-6-4-2/h16,18,22,24,66,69H,3-15,17,19-21,23,25-65H2,1-2H3/b18-16-,24-22-. The van der Waals surface area contributed by atoms with Gasteiger partial charge in [0.05, 0.1) is 6.61 Å². The molecule has 0 aliphatic rings. The molecule has 0 aliphatic heterocycles. The van der Waals surface area contributed by atoms with Crippen LogP contribution in [0.15, 0.2) is 24.3 Å². The number of carbonyl (C=O) groups excluding carboxylic acids is 2. The van der Waals surface area contributed by atoms with Crippen molar-refractivity contribution >= 4 is 11.9 Å². The SMILES string of the molecule is CCCCCCC/C=C\C/C=C\CCCCCCCCCCCC(=O)OC(CO)COC(=O)CCCCCCCCCCCCCCCCCCCCCCCCCCCCCCCCCCCCCCCC. The highest BCUT2D eigenvalue weighted by atomic mass is 16.6. The van der Waals surface area contributed by atoms with Crippen molar-refractivity contribution in [3.8, 4) is 0 Å². The zero-order valence-electron chi connectivity index (χ0n) is 49.7. The summed E-state index contributed by atoms with van der Waals surface area (Å²) in [6, 6.07) is 0. The fourth-order valence-electron chi connectivity index (χ4n) is 10.5. The molecule has 0 aromatic heterocycles. The second-order valence-corrected chi connectivity index (χ2v) is 22.9. The van der Waals surface area contributed by atoms with Crippen LogP contribution in [0.4, 0.5) is 0 Å². The van der Waals surface area contributed by atoms with Crippen LogP contribution < -0.4 is 0 Å². The van der Waals surface area contributed by atoms with Crippen molar-refractivity contribution in [1.82, 2.24) is 0 Å². The predicted molar refractivity (Wildman–Crippen MR) is 321 cm³/mol. The first-order valence-corrected chi connectivity index (χ1v) is 33.4. The topological polar surface area (TPSA) is 72.8 Å². The van der Waals surface area contributed by atoms with E-state index in [9.17, 15) is 14.7 Å². The van der Waals surface area contributed by atoms with Gasteiger partial charge in [-0.15, -0.1) is 0 Å². The summed E-state index contributed by atoms with van der Waals surface area (Å²) in [5, 5.41) is 9.67. The molecular formula is C68H130O5. The van der Waals surface area contributed by atoms with Crippen LogP contribution in [0.5, 0.6) is 0 Å². The van der Waals surface area contributed by atoms with Crippen molar-refractivity contribution in [2.24, 2.45) is 0 Å². The van der Waals surface area contributed by atoms with Gasteiger partial charge < -0.3 is 14.6 Å². The maximum atomic E-state index is 12.3. The lowest BCUT2D eigenvalue weighted by Crippen LogP contribution is -2.28. The van der Waals surface area contributed by atoms with E-state index >= 15 is 0 Å². The van der Waals surface area contributed by atoms with E-state index in [-0.39, 0.29) is 25.2 Å². The van der Waals surface area contributed by atoms with Crippen LogP contribution in [0.2, 0.25) is 0 Å². The molecule has 1 unspecified atom stereocenters. The number of ether oxygens (including phenoxy) is 2. The van der Waals surface area contributed by atoms with E-state index in [0.29, 0.717) is 12.8 Å². The van der Waals surface area contributed by atoms with E-state index in [4.69, 9.17) is 9.47 Å². The molecule has 5 nitrogen and oxygen atoms in total. The maximum absolute atomic E-state index is 12.3. The molecule has 0 spiro atoms. The van der Waals surface area contributed by atoms with Crippen LogP contribution in [0.25, 0.3) is 0 Å². The monoisotopic (exact) mass is 1030 g/mol. The molecule has 1 atom stereocenters. The molecule has 0 saturated heterocycles. The minimum Gasteiger partial charge on any atom is -0.462 e. The van der Waals surface area contributed by atoms with Crippen molar-refractivity contribution in [2.45, 2.75) is 386 Å². The van der Waals surface area contributed by atoms with E-state index in [1.54, 1.807) is 0 Å². The first kappa shape index (κ1) is 71.4. The second kappa shape index (κ2) is 64.7. The van der Waals surface area contributed by atoms with Gasteiger partial charge in [0.2, 0.25) is 0 Å². The number of aliphatic hydroxyl groups excluding tert-OH is 1. The molecule has 0 rings (SSSR count). The molecule has 1 N–H and O–H groups in total. The number of allylic oxidation sites excluding steroid dienone is 4. The van der Waals surface area contributed by atoms with Gasteiger partial charge in [-0.05, 0) is 44.9 Å². The first-order chi connectivity index (χ1) is 36.1. The van der Waals surface area contributed by atoms with Crippen molar-refractivity contribution < 1.29 is 24.2 Å². The number of rotatable bonds is 63. The fourth-order valence-corrected chi connectivity index (χ4v) is 10.5. The highest BCUT2D eigenvalue weighted by Crippen LogP contribution is 2.19. The van der Waals surface area contributed by atoms with Gasteiger partial charge in [0.1, 0.15) is 6.61 Å². The molecule has 0 amide bonds. The Labute approximate surface area is 457 Å². The summed E-state index contributed by atoms with van der Waals surface area (Å²) >= 11 is 0. The molecule has 0 aromatic carbocycles. The Balaban J connectivity index is 3.36. The molecule has 0 radical (unpaired) electrons. The Kier molecular flexibility index (Phi) is 63.2. The maximum Gasteiger partial charge on any atom is 0.306 e. The molecular weight excluding hydrogens is 897 g/mol. The number of aliphatic hydroxyl groups is 1. The molecule has 5 heteroatoms. The third kappa shape index (κ3) is 62.8. The number of hydrogen-bond donors (Lipinski definition) is 1. The van der Waals surface area contributed by atoms with Crippen molar-refractivity contribution in [3.63, 3.8) is 0 Å². The summed E-state index contributed by atoms with van der Waals surface area (Å²) in [7, 11) is 0. The van der Waals surface area contributed by atoms with Gasteiger partial charge in [-0.3, -0.25) is 9.59 Å². The van der Waals surface area contributed by atoms with Gasteiger partial charge in [-0.2, -0.15) is 0 Å². The quantitative estimate of drug-likeness (QED) is 0.0373. The zero-order chi connectivity index (χ0) is 52.7. The summed E-state index contributed by atoms with van der Waals surface area (Å²) in [6.45, 7) is 4.19. The average molecular weight is 1030 g/mol. The molecule has 0 bridgehead atoms. The van der Waals surface area contributed by atoms with E-state index in [1.807, 2.05) is 0 Å². The van der Waals surface area contributed by atoms with Gasteiger partial charge >= 0.3 is 11.9 Å². The average Bonchev–Trinajstić information content (AvgIpc) is 3.39. The van der Waals surface area contributed by atoms with Gasteiger partial charge in [0, 0.05) is 12.8 Å². The first-order valence-electron chi connectivity index (χ1n) is 33.4. The van der Waals surface area contributed by atoms with Gasteiger partial charge in [-0.25, -0.2) is 0 Å². The summed E-state index contributed by atoms with van der Waals surface area (Å²) in [5.74, 6) is -0.574.